The average molecular weight is 459 g/mol. The third-order valence-corrected chi connectivity index (χ3v) is 5.56. The Morgan fingerprint density at radius 2 is 1.41 bits per heavy atom. The first kappa shape index (κ1) is 25.0. The molecule has 5 heteroatoms. The average Bonchev–Trinajstić information content (AvgIpc) is 2.82. The quantitative estimate of drug-likeness (QED) is 0.473. The highest BCUT2D eigenvalue weighted by Crippen LogP contribution is 2.17. The third kappa shape index (κ3) is 7.48. The number of ether oxygens (including phenoxy) is 1. The van der Waals surface area contributed by atoms with Crippen LogP contribution in [-0.4, -0.2) is 35.4 Å². The molecule has 2 amide bonds. The van der Waals surface area contributed by atoms with E-state index in [1.54, 1.807) is 4.90 Å². The van der Waals surface area contributed by atoms with Crippen LogP contribution in [0.2, 0.25) is 0 Å². The molecular weight excluding hydrogens is 424 g/mol. The van der Waals surface area contributed by atoms with Gasteiger partial charge in [-0.3, -0.25) is 9.59 Å². The highest BCUT2D eigenvalue weighted by Gasteiger charge is 2.31. The van der Waals surface area contributed by atoms with Gasteiger partial charge in [0.15, 0.2) is 6.61 Å². The van der Waals surface area contributed by atoms with E-state index >= 15 is 0 Å². The van der Waals surface area contributed by atoms with E-state index in [2.05, 4.69) is 5.32 Å². The Morgan fingerprint density at radius 3 is 2.00 bits per heavy atom. The molecule has 0 aliphatic heterocycles. The molecule has 1 N–H and O–H groups in total. The lowest BCUT2D eigenvalue weighted by molar-refractivity contribution is -0.143. The third-order valence-electron chi connectivity index (χ3n) is 5.56. The number of carbonyl (C=O) groups excluding carboxylic acids is 2. The topological polar surface area (TPSA) is 58.6 Å². The van der Waals surface area contributed by atoms with Crippen LogP contribution in [0.4, 0.5) is 0 Å². The fraction of sp³-hybridized carbons (Fsp3) is 0.310. The van der Waals surface area contributed by atoms with Gasteiger partial charge in [0, 0.05) is 19.0 Å². The highest BCUT2D eigenvalue weighted by atomic mass is 16.5. The van der Waals surface area contributed by atoms with E-state index in [4.69, 9.17) is 4.74 Å². The molecule has 0 aliphatic rings. The van der Waals surface area contributed by atoms with Crippen LogP contribution in [0.3, 0.4) is 0 Å². The van der Waals surface area contributed by atoms with Gasteiger partial charge < -0.3 is 15.0 Å². The zero-order valence-electron chi connectivity index (χ0n) is 20.5. The number of rotatable bonds is 10. The van der Waals surface area contributed by atoms with Crippen LogP contribution in [0.1, 0.15) is 36.1 Å². The van der Waals surface area contributed by atoms with Gasteiger partial charge in [-0.05, 0) is 51.0 Å². The van der Waals surface area contributed by atoms with Crippen molar-refractivity contribution in [1.29, 1.82) is 0 Å². The molecule has 1 atom stereocenters. The van der Waals surface area contributed by atoms with Gasteiger partial charge in [0.2, 0.25) is 5.91 Å². The first-order valence-electron chi connectivity index (χ1n) is 11.7. The molecule has 0 saturated carbocycles. The van der Waals surface area contributed by atoms with Crippen molar-refractivity contribution >= 4 is 11.8 Å². The number of benzene rings is 3. The number of aryl methyl sites for hydroxylation is 2. The maximum Gasteiger partial charge on any atom is 0.261 e. The van der Waals surface area contributed by atoms with E-state index in [1.165, 1.54) is 0 Å². The van der Waals surface area contributed by atoms with Gasteiger partial charge in [-0.1, -0.05) is 77.9 Å². The van der Waals surface area contributed by atoms with Gasteiger partial charge in [0.1, 0.15) is 11.8 Å². The van der Waals surface area contributed by atoms with Crippen molar-refractivity contribution in [2.24, 2.45) is 0 Å². The molecule has 178 valence electrons. The molecule has 34 heavy (non-hydrogen) atoms. The molecule has 0 aromatic heterocycles. The minimum Gasteiger partial charge on any atom is -0.484 e. The fourth-order valence-corrected chi connectivity index (χ4v) is 3.69. The molecule has 3 aromatic rings. The maximum atomic E-state index is 13.5. The van der Waals surface area contributed by atoms with E-state index < -0.39 is 6.04 Å². The smallest absolute Gasteiger partial charge is 0.261 e. The monoisotopic (exact) mass is 458 g/mol. The van der Waals surface area contributed by atoms with E-state index in [0.717, 1.165) is 22.3 Å². The Balaban J connectivity index is 1.89. The Hall–Kier alpha value is -3.60. The number of hydrogen-bond donors (Lipinski definition) is 1. The van der Waals surface area contributed by atoms with Crippen LogP contribution >= 0.6 is 0 Å². The van der Waals surface area contributed by atoms with E-state index in [1.807, 2.05) is 107 Å². The molecule has 0 fully saturated rings. The molecule has 0 aliphatic carbocycles. The number of amides is 2. The number of carbonyl (C=O) groups is 2. The van der Waals surface area contributed by atoms with Gasteiger partial charge in [-0.25, -0.2) is 0 Å². The lowest BCUT2D eigenvalue weighted by Crippen LogP contribution is -2.52. The predicted octanol–water partition coefficient (Wildman–Crippen LogP) is 4.85. The number of hydrogen-bond acceptors (Lipinski definition) is 3. The first-order valence-corrected chi connectivity index (χ1v) is 11.7. The zero-order chi connectivity index (χ0) is 24.5. The van der Waals surface area contributed by atoms with E-state index in [-0.39, 0.29) is 24.5 Å². The molecule has 0 radical (unpaired) electrons. The first-order chi connectivity index (χ1) is 16.3. The SMILES string of the molecule is Cc1ccc(CN(C(=O)COc2ccc(C)cc2)C(Cc2ccccc2)C(=O)NC(C)C)cc1. The second-order valence-electron chi connectivity index (χ2n) is 8.98. The van der Waals surface area contributed by atoms with Crippen LogP contribution in [0.25, 0.3) is 0 Å². The molecule has 0 spiro atoms. The minimum absolute atomic E-state index is 0.0362. The summed E-state index contributed by atoms with van der Waals surface area (Å²) in [4.78, 5) is 28.5. The summed E-state index contributed by atoms with van der Waals surface area (Å²) in [6.45, 7) is 8.04. The summed E-state index contributed by atoms with van der Waals surface area (Å²) < 4.78 is 5.80. The van der Waals surface area contributed by atoms with Crippen LogP contribution in [-0.2, 0) is 22.6 Å². The van der Waals surface area contributed by atoms with Crippen LogP contribution in [0.5, 0.6) is 5.75 Å². The standard InChI is InChI=1S/C29H34N2O3/c1-21(2)30-29(33)27(18-24-8-6-5-7-9-24)31(19-25-14-10-22(3)11-15-25)28(32)20-34-26-16-12-23(4)13-17-26/h5-17,21,27H,18-20H2,1-4H3,(H,30,33). The Labute approximate surface area is 202 Å². The lowest BCUT2D eigenvalue weighted by atomic mass is 10.0. The van der Waals surface area contributed by atoms with Crippen LogP contribution in [0.15, 0.2) is 78.9 Å². The normalized spacial score (nSPS) is 11.7. The Morgan fingerprint density at radius 1 is 0.824 bits per heavy atom. The summed E-state index contributed by atoms with van der Waals surface area (Å²) in [5.41, 5.74) is 4.22. The Bertz CT molecular complexity index is 1060. The molecule has 0 bridgehead atoms. The summed E-state index contributed by atoms with van der Waals surface area (Å²) in [7, 11) is 0. The molecule has 1 unspecified atom stereocenters. The maximum absolute atomic E-state index is 13.5. The second-order valence-corrected chi connectivity index (χ2v) is 8.98. The van der Waals surface area contributed by atoms with Crippen molar-refractivity contribution in [2.75, 3.05) is 6.61 Å². The number of nitrogens with zero attached hydrogens (tertiary/aromatic N) is 1. The van der Waals surface area contributed by atoms with Gasteiger partial charge in [0.05, 0.1) is 0 Å². The van der Waals surface area contributed by atoms with Gasteiger partial charge >= 0.3 is 0 Å². The largest absolute Gasteiger partial charge is 0.484 e. The van der Waals surface area contributed by atoms with Crippen molar-refractivity contribution in [3.8, 4) is 5.75 Å². The van der Waals surface area contributed by atoms with Crippen molar-refractivity contribution in [3.05, 3.63) is 101 Å². The van der Waals surface area contributed by atoms with Crippen LogP contribution < -0.4 is 10.1 Å². The highest BCUT2D eigenvalue weighted by molar-refractivity contribution is 5.88. The molecule has 0 heterocycles. The van der Waals surface area contributed by atoms with Crippen LogP contribution in [0, 0.1) is 13.8 Å². The van der Waals surface area contributed by atoms with E-state index in [9.17, 15) is 9.59 Å². The van der Waals surface area contributed by atoms with Crippen molar-refractivity contribution in [2.45, 2.75) is 52.7 Å². The van der Waals surface area contributed by atoms with Crippen molar-refractivity contribution in [1.82, 2.24) is 10.2 Å². The van der Waals surface area contributed by atoms with E-state index in [0.29, 0.717) is 18.7 Å². The predicted molar refractivity (Wildman–Crippen MR) is 136 cm³/mol. The summed E-state index contributed by atoms with van der Waals surface area (Å²) in [6.07, 6.45) is 0.418. The summed E-state index contributed by atoms with van der Waals surface area (Å²) >= 11 is 0. The summed E-state index contributed by atoms with van der Waals surface area (Å²) in [5, 5.41) is 3.00. The molecule has 0 saturated heterocycles. The fourth-order valence-electron chi connectivity index (χ4n) is 3.69. The molecular formula is C29H34N2O3. The van der Waals surface area contributed by atoms with Gasteiger partial charge in [-0.2, -0.15) is 0 Å². The summed E-state index contributed by atoms with van der Waals surface area (Å²) in [6, 6.07) is 24.7. The molecule has 3 rings (SSSR count). The van der Waals surface area contributed by atoms with Crippen molar-refractivity contribution < 1.29 is 14.3 Å². The zero-order valence-corrected chi connectivity index (χ0v) is 20.5. The lowest BCUT2D eigenvalue weighted by Gasteiger charge is -2.32. The second kappa shape index (κ2) is 12.0. The van der Waals surface area contributed by atoms with Gasteiger partial charge in [0.25, 0.3) is 5.91 Å². The summed E-state index contributed by atoms with van der Waals surface area (Å²) in [5.74, 6) is 0.219. The van der Waals surface area contributed by atoms with Gasteiger partial charge in [-0.15, -0.1) is 0 Å². The number of nitrogens with one attached hydrogen (secondary N) is 1. The van der Waals surface area contributed by atoms with Crippen molar-refractivity contribution in [3.63, 3.8) is 0 Å². The molecule has 3 aromatic carbocycles. The Kier molecular flexibility index (Phi) is 8.86. The molecule has 5 nitrogen and oxygen atoms in total. The minimum atomic E-state index is -0.666.